The topological polar surface area (TPSA) is 74.8 Å². The zero-order valence-corrected chi connectivity index (χ0v) is 19.0. The zero-order chi connectivity index (χ0) is 22.5. The summed E-state index contributed by atoms with van der Waals surface area (Å²) >= 11 is 0. The van der Waals surface area contributed by atoms with Gasteiger partial charge < -0.3 is 19.9 Å². The van der Waals surface area contributed by atoms with Crippen LogP contribution in [0.15, 0.2) is 36.4 Å². The molecule has 4 rings (SSSR count). The van der Waals surface area contributed by atoms with Crippen molar-refractivity contribution in [3.05, 3.63) is 53.3 Å². The van der Waals surface area contributed by atoms with Crippen molar-refractivity contribution < 1.29 is 14.3 Å². The first kappa shape index (κ1) is 22.3. The molecule has 1 atom stereocenters. The van der Waals surface area contributed by atoms with Crippen LogP contribution in [0.4, 0.5) is 11.4 Å². The lowest BCUT2D eigenvalue weighted by Crippen LogP contribution is -2.34. The summed E-state index contributed by atoms with van der Waals surface area (Å²) in [6, 6.07) is 12.4. The molecule has 2 fully saturated rings. The predicted octanol–water partition coefficient (Wildman–Crippen LogP) is 3.40. The minimum atomic E-state index is 0.00547. The summed E-state index contributed by atoms with van der Waals surface area (Å²) in [6.45, 7) is 7.29. The Morgan fingerprint density at radius 3 is 2.72 bits per heavy atom. The third-order valence-corrected chi connectivity index (χ3v) is 6.18. The van der Waals surface area contributed by atoms with Crippen molar-refractivity contribution in [3.8, 4) is 0 Å². The fourth-order valence-electron chi connectivity index (χ4n) is 4.37. The largest absolute Gasteiger partial charge is 0.370 e. The molecular formula is C25H32N4O3. The number of pyridine rings is 1. The van der Waals surface area contributed by atoms with Crippen LogP contribution in [0.3, 0.4) is 0 Å². The second-order valence-corrected chi connectivity index (χ2v) is 8.78. The molecule has 2 aromatic rings. The number of hydrogen-bond donors (Lipinski definition) is 1. The summed E-state index contributed by atoms with van der Waals surface area (Å²) in [5, 5.41) is 3.46. The minimum Gasteiger partial charge on any atom is -0.370 e. The fraction of sp³-hybridized carbons (Fsp3) is 0.480. The van der Waals surface area contributed by atoms with Crippen molar-refractivity contribution in [2.24, 2.45) is 0 Å². The molecule has 2 aliphatic heterocycles. The van der Waals surface area contributed by atoms with Gasteiger partial charge in [0.2, 0.25) is 11.8 Å². The Kier molecular flexibility index (Phi) is 7.05. The van der Waals surface area contributed by atoms with E-state index < -0.39 is 0 Å². The Labute approximate surface area is 189 Å². The van der Waals surface area contributed by atoms with E-state index in [1.807, 2.05) is 22.8 Å². The number of ether oxygens (including phenoxy) is 1. The van der Waals surface area contributed by atoms with Gasteiger partial charge in [0.05, 0.1) is 6.61 Å². The molecule has 0 bridgehead atoms. The Morgan fingerprint density at radius 1 is 1.16 bits per heavy atom. The van der Waals surface area contributed by atoms with Crippen molar-refractivity contribution in [3.63, 3.8) is 0 Å². The Balaban J connectivity index is 1.28. The smallest absolute Gasteiger partial charge is 0.248 e. The van der Waals surface area contributed by atoms with Crippen LogP contribution in [-0.4, -0.2) is 66.0 Å². The minimum absolute atomic E-state index is 0.00547. The summed E-state index contributed by atoms with van der Waals surface area (Å²) < 4.78 is 5.56. The van der Waals surface area contributed by atoms with Gasteiger partial charge in [0.25, 0.3) is 0 Å². The van der Waals surface area contributed by atoms with Gasteiger partial charge in [-0.1, -0.05) is 17.7 Å². The maximum atomic E-state index is 12.6. The third kappa shape index (κ3) is 5.65. The molecule has 1 aromatic heterocycles. The van der Waals surface area contributed by atoms with E-state index >= 15 is 0 Å². The van der Waals surface area contributed by atoms with E-state index in [-0.39, 0.29) is 24.3 Å². The number of anilines is 2. The molecule has 0 unspecified atom stereocenters. The molecule has 2 saturated heterocycles. The van der Waals surface area contributed by atoms with E-state index in [0.717, 1.165) is 42.1 Å². The summed E-state index contributed by atoms with van der Waals surface area (Å²) in [6.07, 6.45) is 2.44. The van der Waals surface area contributed by atoms with Crippen molar-refractivity contribution >= 4 is 23.2 Å². The second kappa shape index (κ2) is 10.1. The van der Waals surface area contributed by atoms with E-state index in [2.05, 4.69) is 42.6 Å². The lowest BCUT2D eigenvalue weighted by Gasteiger charge is -2.18. The highest BCUT2D eigenvalue weighted by Gasteiger charge is 2.28. The van der Waals surface area contributed by atoms with Crippen LogP contribution < -0.4 is 5.32 Å². The number of amides is 2. The van der Waals surface area contributed by atoms with E-state index in [9.17, 15) is 9.59 Å². The quantitative estimate of drug-likeness (QED) is 0.642. The molecule has 3 heterocycles. The van der Waals surface area contributed by atoms with Gasteiger partial charge in [0.1, 0.15) is 6.61 Å². The number of carbonyl (C=O) groups is 2. The van der Waals surface area contributed by atoms with E-state index in [4.69, 9.17) is 9.72 Å². The molecule has 0 saturated carbocycles. The van der Waals surface area contributed by atoms with Crippen LogP contribution in [0, 0.1) is 13.8 Å². The maximum Gasteiger partial charge on any atom is 0.248 e. The monoisotopic (exact) mass is 436 g/mol. The van der Waals surface area contributed by atoms with E-state index in [1.54, 1.807) is 0 Å². The predicted molar refractivity (Wildman–Crippen MR) is 124 cm³/mol. The zero-order valence-electron chi connectivity index (χ0n) is 19.0. The lowest BCUT2D eigenvalue weighted by molar-refractivity contribution is -0.135. The van der Waals surface area contributed by atoms with Gasteiger partial charge in [0.15, 0.2) is 0 Å². The molecule has 0 spiro atoms. The third-order valence-electron chi connectivity index (χ3n) is 6.18. The van der Waals surface area contributed by atoms with Gasteiger partial charge in [0, 0.05) is 61.3 Å². The van der Waals surface area contributed by atoms with Gasteiger partial charge in [-0.15, -0.1) is 0 Å². The van der Waals surface area contributed by atoms with Crippen molar-refractivity contribution in [2.75, 3.05) is 44.7 Å². The van der Waals surface area contributed by atoms with Crippen LogP contribution in [0.2, 0.25) is 0 Å². The lowest BCUT2D eigenvalue weighted by atomic mass is 10.0. The highest BCUT2D eigenvalue weighted by molar-refractivity contribution is 5.78. The average molecular weight is 437 g/mol. The first-order valence-electron chi connectivity index (χ1n) is 11.4. The Hall–Kier alpha value is -2.93. The molecule has 1 N–H and O–H groups in total. The first-order valence-corrected chi connectivity index (χ1v) is 11.4. The van der Waals surface area contributed by atoms with Crippen LogP contribution in [0.25, 0.3) is 0 Å². The number of likely N-dealkylation sites (tertiary alicyclic amines) is 2. The molecule has 32 heavy (non-hydrogen) atoms. The summed E-state index contributed by atoms with van der Waals surface area (Å²) in [5.41, 5.74) is 5.26. The number of aryl methyl sites for hydroxylation is 2. The second-order valence-electron chi connectivity index (χ2n) is 8.78. The maximum absolute atomic E-state index is 12.6. The number of nitrogens with zero attached hydrogens (tertiary/aromatic N) is 3. The number of hydrogen-bond acceptors (Lipinski definition) is 5. The molecule has 7 heteroatoms. The molecule has 170 valence electrons. The Bertz CT molecular complexity index is 960. The van der Waals surface area contributed by atoms with E-state index in [0.29, 0.717) is 32.7 Å². The van der Waals surface area contributed by atoms with E-state index in [1.165, 1.54) is 5.56 Å². The van der Waals surface area contributed by atoms with Crippen molar-refractivity contribution in [1.82, 2.24) is 14.8 Å². The summed E-state index contributed by atoms with van der Waals surface area (Å²) in [4.78, 5) is 32.6. The highest BCUT2D eigenvalue weighted by atomic mass is 16.5. The van der Waals surface area contributed by atoms with Crippen LogP contribution >= 0.6 is 0 Å². The summed E-state index contributed by atoms with van der Waals surface area (Å²) in [7, 11) is 0. The number of rotatable bonds is 8. The first-order chi connectivity index (χ1) is 15.5. The van der Waals surface area contributed by atoms with Gasteiger partial charge in [-0.05, 0) is 51.0 Å². The highest BCUT2D eigenvalue weighted by Crippen LogP contribution is 2.29. The number of carbonyl (C=O) groups excluding carboxylic acids is 2. The normalized spacial score (nSPS) is 18.4. The van der Waals surface area contributed by atoms with Gasteiger partial charge in [-0.25, -0.2) is 0 Å². The molecule has 0 radical (unpaired) electrons. The molecule has 7 nitrogen and oxygen atoms in total. The number of nitrogens with one attached hydrogen (secondary N) is 1. The summed E-state index contributed by atoms with van der Waals surface area (Å²) in [5.74, 6) is 0.412. The number of benzene rings is 1. The molecule has 2 amide bonds. The van der Waals surface area contributed by atoms with Gasteiger partial charge in [-0.3, -0.25) is 14.6 Å². The average Bonchev–Trinajstić information content (AvgIpc) is 3.42. The van der Waals surface area contributed by atoms with Crippen molar-refractivity contribution in [1.29, 1.82) is 0 Å². The van der Waals surface area contributed by atoms with Crippen LogP contribution in [0.5, 0.6) is 0 Å². The number of aromatic nitrogens is 1. The molecule has 0 aliphatic carbocycles. The standard InChI is InChI=1S/C25H32N4O3/c1-18-5-7-21(8-6-18)27-22-14-19(2)26-23(15-22)20-9-11-29(16-20)25(31)17-32-13-12-28-10-3-4-24(28)30/h5-8,14-15,20H,3-4,9-13,16-17H2,1-2H3,(H,26,27)/t20-/m0/s1. The molecular weight excluding hydrogens is 404 g/mol. The molecule has 2 aliphatic rings. The van der Waals surface area contributed by atoms with Gasteiger partial charge in [-0.2, -0.15) is 0 Å². The fourth-order valence-corrected chi connectivity index (χ4v) is 4.37. The Morgan fingerprint density at radius 2 is 1.97 bits per heavy atom. The molecule has 1 aromatic carbocycles. The van der Waals surface area contributed by atoms with Gasteiger partial charge >= 0.3 is 0 Å². The van der Waals surface area contributed by atoms with Crippen molar-refractivity contribution in [2.45, 2.75) is 39.0 Å². The van der Waals surface area contributed by atoms with Crippen LogP contribution in [-0.2, 0) is 14.3 Å². The van der Waals surface area contributed by atoms with Crippen LogP contribution in [0.1, 0.15) is 42.1 Å². The SMILES string of the molecule is Cc1ccc(Nc2cc(C)nc([C@H]3CCN(C(=O)COCCN4CCCC4=O)C3)c2)cc1.